The first-order chi connectivity index (χ1) is 15.3. The summed E-state index contributed by atoms with van der Waals surface area (Å²) < 4.78 is 0. The van der Waals surface area contributed by atoms with E-state index in [1.165, 1.54) is 21.7 Å². The summed E-state index contributed by atoms with van der Waals surface area (Å²) in [7, 11) is 0. The Labute approximate surface area is 194 Å². The van der Waals surface area contributed by atoms with Crippen LogP contribution in [-0.2, 0) is 0 Å². The molecule has 4 heteroatoms. The van der Waals surface area contributed by atoms with Gasteiger partial charge in [0.25, 0.3) is 0 Å². The third kappa shape index (κ3) is 6.22. The van der Waals surface area contributed by atoms with Crippen LogP contribution in [0.4, 0.5) is 10.0 Å². The number of rotatable bonds is 5. The van der Waals surface area contributed by atoms with E-state index in [-0.39, 0.29) is 0 Å². The molecule has 2 aromatic heterocycles. The molecule has 2 nitrogen and oxygen atoms in total. The number of allylic oxidation sites excluding steroid dienone is 4. The summed E-state index contributed by atoms with van der Waals surface area (Å²) in [5, 5.41) is 2.08. The molecule has 2 atom stereocenters. The van der Waals surface area contributed by atoms with Gasteiger partial charge in [-0.15, -0.1) is 22.7 Å². The van der Waals surface area contributed by atoms with Gasteiger partial charge in [0.15, 0.2) is 0 Å². The molecule has 0 radical (unpaired) electrons. The molecule has 0 saturated heterocycles. The molecule has 0 bridgehead atoms. The number of hydrogen-bond acceptors (Lipinski definition) is 4. The van der Waals surface area contributed by atoms with Crippen molar-refractivity contribution in [3.8, 4) is 9.75 Å². The monoisotopic (exact) mass is 446 g/mol. The Morgan fingerprint density at radius 2 is 1.39 bits per heavy atom. The van der Waals surface area contributed by atoms with E-state index in [1.54, 1.807) is 22.7 Å². The Morgan fingerprint density at radius 3 is 2.03 bits per heavy atom. The van der Waals surface area contributed by atoms with Crippen LogP contribution in [0.15, 0.2) is 88.4 Å². The van der Waals surface area contributed by atoms with Crippen LogP contribution >= 0.6 is 22.7 Å². The molecule has 31 heavy (non-hydrogen) atoms. The second-order valence-electron chi connectivity index (χ2n) is 6.76. The minimum atomic E-state index is 0.709. The van der Waals surface area contributed by atoms with Crippen molar-refractivity contribution in [3.63, 3.8) is 0 Å². The average molecular weight is 447 g/mol. The van der Waals surface area contributed by atoms with Crippen molar-refractivity contribution in [2.45, 2.75) is 34.1 Å². The van der Waals surface area contributed by atoms with Gasteiger partial charge in [-0.2, -0.15) is 0 Å². The van der Waals surface area contributed by atoms with E-state index in [1.807, 2.05) is 58.3 Å². The van der Waals surface area contributed by atoms with E-state index in [4.69, 9.17) is 4.99 Å². The van der Waals surface area contributed by atoms with E-state index in [2.05, 4.69) is 59.6 Å². The highest BCUT2D eigenvalue weighted by Gasteiger charge is 2.38. The highest BCUT2D eigenvalue weighted by molar-refractivity contribution is 7.25. The smallest absolute Gasteiger partial charge is 0.116 e. The summed E-state index contributed by atoms with van der Waals surface area (Å²) in [6, 6.07) is 18.7. The third-order valence-electron chi connectivity index (χ3n) is 4.82. The van der Waals surface area contributed by atoms with Gasteiger partial charge in [-0.1, -0.05) is 76.3 Å². The van der Waals surface area contributed by atoms with Gasteiger partial charge < -0.3 is 0 Å². The van der Waals surface area contributed by atoms with E-state index in [0.29, 0.717) is 5.92 Å². The maximum Gasteiger partial charge on any atom is 0.116 e. The number of hydrogen-bond donors (Lipinski definition) is 0. The average Bonchev–Trinajstić information content (AvgIpc) is 3.25. The van der Waals surface area contributed by atoms with Gasteiger partial charge in [-0.3, -0.25) is 0 Å². The summed E-state index contributed by atoms with van der Waals surface area (Å²) in [4.78, 5) is 11.8. The summed E-state index contributed by atoms with van der Waals surface area (Å²) in [6.45, 7) is 8.00. The van der Waals surface area contributed by atoms with Crippen molar-refractivity contribution >= 4 is 45.1 Å². The van der Waals surface area contributed by atoms with Crippen LogP contribution in [-0.4, -0.2) is 12.4 Å². The van der Waals surface area contributed by atoms with Crippen molar-refractivity contribution < 1.29 is 0 Å². The van der Waals surface area contributed by atoms with Gasteiger partial charge in [0.2, 0.25) is 0 Å². The first kappa shape index (κ1) is 23.1. The molecule has 160 valence electrons. The lowest BCUT2D eigenvalue weighted by Crippen LogP contribution is -1.92. The summed E-state index contributed by atoms with van der Waals surface area (Å²) in [5.74, 6) is 1.47. The minimum Gasteiger partial charge on any atom is -0.246 e. The molecule has 2 unspecified atom stereocenters. The quantitative estimate of drug-likeness (QED) is 0.349. The lowest BCUT2D eigenvalue weighted by Gasteiger charge is -2.01. The minimum absolute atomic E-state index is 0.709. The second-order valence-corrected chi connectivity index (χ2v) is 8.88. The van der Waals surface area contributed by atoms with Gasteiger partial charge in [0, 0.05) is 22.2 Å². The van der Waals surface area contributed by atoms with Crippen molar-refractivity contribution in [2.75, 3.05) is 0 Å². The normalized spacial score (nSPS) is 18.6. The van der Waals surface area contributed by atoms with Gasteiger partial charge in [0.1, 0.15) is 10.0 Å². The van der Waals surface area contributed by atoms with Gasteiger partial charge in [-0.05, 0) is 53.7 Å². The Hall–Kier alpha value is -2.56. The standard InChI is InChI=1S/C23H18N2S2.2C2H6/c1-2-5-16(6-3-1)14-24-22-11-9-20(26-22)21-10-12-23(27-21)25-15-18-8-4-7-17-13-19(17)18;2*1-2/h1-12,14-15,17,19H,13H2;2*1-2H3/b24-14+,25-15+;;. The molecule has 2 aliphatic rings. The molecule has 1 aromatic carbocycles. The van der Waals surface area contributed by atoms with Crippen molar-refractivity contribution in [1.29, 1.82) is 0 Å². The van der Waals surface area contributed by atoms with Crippen LogP contribution in [0.25, 0.3) is 9.75 Å². The van der Waals surface area contributed by atoms with Crippen LogP contribution in [0.2, 0.25) is 0 Å². The molecule has 2 heterocycles. The summed E-state index contributed by atoms with van der Waals surface area (Å²) in [5.41, 5.74) is 2.48. The Balaban J connectivity index is 0.000000645. The van der Waals surface area contributed by atoms with Crippen molar-refractivity contribution in [3.05, 3.63) is 84.0 Å². The topological polar surface area (TPSA) is 24.7 Å². The van der Waals surface area contributed by atoms with Gasteiger partial charge >= 0.3 is 0 Å². The summed E-state index contributed by atoms with van der Waals surface area (Å²) in [6.07, 6.45) is 11.9. The Kier molecular flexibility index (Phi) is 8.74. The van der Waals surface area contributed by atoms with E-state index in [0.717, 1.165) is 21.5 Å². The number of thiophene rings is 2. The third-order valence-corrected chi connectivity index (χ3v) is 7.00. The molecule has 0 spiro atoms. The molecule has 0 amide bonds. The number of aliphatic imine (C=N–C) groups is 2. The fourth-order valence-electron chi connectivity index (χ4n) is 3.26. The zero-order valence-corrected chi connectivity index (χ0v) is 20.3. The SMILES string of the molecule is C1=CC2CC2C(/C=N/c2ccc(-c3ccc(/N=C/c4ccccc4)s3)s2)=C1.CC.CC. The molecule has 5 rings (SSSR count). The van der Waals surface area contributed by atoms with Crippen LogP contribution < -0.4 is 0 Å². The Bertz CT molecular complexity index is 1070. The van der Waals surface area contributed by atoms with Crippen molar-refractivity contribution in [1.82, 2.24) is 0 Å². The van der Waals surface area contributed by atoms with Crippen LogP contribution in [0.5, 0.6) is 0 Å². The van der Waals surface area contributed by atoms with Crippen LogP contribution in [0.3, 0.4) is 0 Å². The zero-order chi connectivity index (χ0) is 22.1. The number of fused-ring (bicyclic) bond motifs is 1. The molecule has 1 saturated carbocycles. The first-order valence-electron chi connectivity index (χ1n) is 11.1. The molecular weight excluding hydrogens is 416 g/mol. The van der Waals surface area contributed by atoms with E-state index < -0.39 is 0 Å². The van der Waals surface area contributed by atoms with E-state index in [9.17, 15) is 0 Å². The van der Waals surface area contributed by atoms with Gasteiger partial charge in [-0.25, -0.2) is 9.98 Å². The predicted octanol–water partition coefficient (Wildman–Crippen LogP) is 9.11. The molecule has 0 N–H and O–H groups in total. The van der Waals surface area contributed by atoms with Gasteiger partial charge in [0.05, 0.1) is 0 Å². The summed E-state index contributed by atoms with van der Waals surface area (Å²) >= 11 is 3.44. The highest BCUT2D eigenvalue weighted by Crippen LogP contribution is 2.47. The Morgan fingerprint density at radius 1 is 0.774 bits per heavy atom. The van der Waals surface area contributed by atoms with Crippen molar-refractivity contribution in [2.24, 2.45) is 21.8 Å². The van der Waals surface area contributed by atoms with Crippen LogP contribution in [0, 0.1) is 11.8 Å². The molecular formula is C27H30N2S2. The molecule has 1 fully saturated rings. The lowest BCUT2D eigenvalue weighted by molar-refractivity contribution is 0.954. The first-order valence-corrected chi connectivity index (χ1v) is 12.7. The second kappa shape index (κ2) is 11.7. The fourth-order valence-corrected chi connectivity index (χ4v) is 5.05. The number of benzene rings is 1. The highest BCUT2D eigenvalue weighted by atomic mass is 32.1. The fraction of sp³-hybridized carbons (Fsp3) is 0.259. The zero-order valence-electron chi connectivity index (χ0n) is 18.7. The van der Waals surface area contributed by atoms with E-state index >= 15 is 0 Å². The molecule has 2 aliphatic carbocycles. The van der Waals surface area contributed by atoms with Crippen LogP contribution in [0.1, 0.15) is 39.7 Å². The number of nitrogens with zero attached hydrogens (tertiary/aromatic N) is 2. The molecule has 0 aliphatic heterocycles. The maximum absolute atomic E-state index is 4.70. The molecule has 3 aromatic rings. The predicted molar refractivity (Wildman–Crippen MR) is 141 cm³/mol. The largest absolute Gasteiger partial charge is 0.246 e. The lowest BCUT2D eigenvalue weighted by atomic mass is 10.1. The maximum atomic E-state index is 4.70.